The topological polar surface area (TPSA) is 30.8 Å². The van der Waals surface area contributed by atoms with Gasteiger partial charge in [-0.1, -0.05) is 5.16 Å². The van der Waals surface area contributed by atoms with Crippen molar-refractivity contribution in [1.29, 1.82) is 0 Å². The summed E-state index contributed by atoms with van der Waals surface area (Å²) in [6.07, 6.45) is -5.99. The number of halogens is 3. The van der Waals surface area contributed by atoms with Gasteiger partial charge in [0.25, 0.3) is 0 Å². The first-order valence-corrected chi connectivity index (χ1v) is 3.94. The van der Waals surface area contributed by atoms with E-state index >= 15 is 0 Å². The van der Waals surface area contributed by atoms with Gasteiger partial charge in [0.05, 0.1) is 12.3 Å². The lowest BCUT2D eigenvalue weighted by atomic mass is 9.95. The Morgan fingerprint density at radius 1 is 1.38 bits per heavy atom. The maximum Gasteiger partial charge on any atom is 0.414 e. The summed E-state index contributed by atoms with van der Waals surface area (Å²) in [5.41, 5.74) is 0.598. The summed E-state index contributed by atoms with van der Waals surface area (Å²) in [4.78, 5) is 4.69. The van der Waals surface area contributed by atoms with Gasteiger partial charge in [-0.05, 0) is 6.42 Å². The molecule has 2 heterocycles. The third-order valence-electron chi connectivity index (χ3n) is 2.22. The molecule has 2 rings (SSSR count). The molecule has 0 aliphatic carbocycles. The minimum Gasteiger partial charge on any atom is -0.395 e. The number of nitrogens with zero attached hydrogens (tertiary/aromatic N) is 1. The van der Waals surface area contributed by atoms with Gasteiger partial charge in [-0.2, -0.15) is 13.2 Å². The molecule has 0 aromatic heterocycles. The Labute approximate surface area is 72.5 Å². The van der Waals surface area contributed by atoms with Crippen LogP contribution >= 0.6 is 0 Å². The molecular weight excluding hydrogens is 187 g/mol. The first-order valence-electron chi connectivity index (χ1n) is 3.94. The first kappa shape index (κ1) is 8.80. The van der Waals surface area contributed by atoms with E-state index in [1.165, 1.54) is 0 Å². The van der Waals surface area contributed by atoms with Crippen molar-refractivity contribution < 1.29 is 22.7 Å². The number of alkyl halides is 3. The molecule has 2 atom stereocenters. The molecule has 0 bridgehead atoms. The molecule has 0 N–H and O–H groups in total. The van der Waals surface area contributed by atoms with E-state index in [-0.39, 0.29) is 25.6 Å². The van der Waals surface area contributed by atoms with Crippen LogP contribution in [0, 0.1) is 5.92 Å². The number of fused-ring (bicyclic) bond motifs is 1. The van der Waals surface area contributed by atoms with Crippen molar-refractivity contribution in [3.05, 3.63) is 0 Å². The Bertz CT molecular complexity index is 238. The molecule has 2 aliphatic rings. The van der Waals surface area contributed by atoms with Gasteiger partial charge in [-0.15, -0.1) is 0 Å². The minimum atomic E-state index is -4.27. The molecular formula is C7H8F3NO2. The van der Waals surface area contributed by atoms with Crippen LogP contribution in [-0.4, -0.2) is 31.2 Å². The molecule has 0 aromatic carbocycles. The van der Waals surface area contributed by atoms with Crippen molar-refractivity contribution in [3.63, 3.8) is 0 Å². The van der Waals surface area contributed by atoms with E-state index in [9.17, 15) is 13.2 Å². The van der Waals surface area contributed by atoms with E-state index in [1.807, 2.05) is 0 Å². The summed E-state index contributed by atoms with van der Waals surface area (Å²) < 4.78 is 41.2. The molecule has 1 fully saturated rings. The van der Waals surface area contributed by atoms with Crippen molar-refractivity contribution in [2.75, 3.05) is 13.2 Å². The number of ether oxygens (including phenoxy) is 1. The zero-order valence-electron chi connectivity index (χ0n) is 6.67. The molecule has 6 heteroatoms. The Morgan fingerprint density at radius 2 is 2.15 bits per heavy atom. The summed E-state index contributed by atoms with van der Waals surface area (Å²) >= 11 is 0. The first-order chi connectivity index (χ1) is 6.07. The predicted molar refractivity (Wildman–Crippen MR) is 37.3 cm³/mol. The molecule has 0 aromatic rings. The van der Waals surface area contributed by atoms with Gasteiger partial charge < -0.3 is 9.57 Å². The Kier molecular flexibility index (Phi) is 1.94. The average molecular weight is 195 g/mol. The van der Waals surface area contributed by atoms with Gasteiger partial charge in [0.2, 0.25) is 0 Å². The van der Waals surface area contributed by atoms with Crippen LogP contribution in [0.2, 0.25) is 0 Å². The van der Waals surface area contributed by atoms with Gasteiger partial charge in [0, 0.05) is 5.92 Å². The normalized spacial score (nSPS) is 33.6. The maximum absolute atomic E-state index is 12.2. The predicted octanol–water partition coefficient (Wildman–Crippen LogP) is 1.34. The summed E-state index contributed by atoms with van der Waals surface area (Å²) in [5, 5.41) is 3.60. The third kappa shape index (κ3) is 1.63. The van der Waals surface area contributed by atoms with Crippen LogP contribution in [0.5, 0.6) is 0 Å². The van der Waals surface area contributed by atoms with E-state index in [4.69, 9.17) is 4.84 Å². The van der Waals surface area contributed by atoms with E-state index in [1.54, 1.807) is 0 Å². The van der Waals surface area contributed by atoms with E-state index in [0.29, 0.717) is 5.71 Å². The van der Waals surface area contributed by atoms with Gasteiger partial charge in [0.15, 0.2) is 6.10 Å². The van der Waals surface area contributed by atoms with Crippen LogP contribution in [0.25, 0.3) is 0 Å². The fourth-order valence-electron chi connectivity index (χ4n) is 1.47. The van der Waals surface area contributed by atoms with E-state index < -0.39 is 12.3 Å². The molecule has 1 saturated heterocycles. The lowest BCUT2D eigenvalue weighted by molar-refractivity contribution is -0.223. The second-order valence-corrected chi connectivity index (χ2v) is 3.15. The van der Waals surface area contributed by atoms with Crippen molar-refractivity contribution in [1.82, 2.24) is 0 Å². The second-order valence-electron chi connectivity index (χ2n) is 3.15. The molecule has 2 aliphatic heterocycles. The number of hydrogen-bond acceptors (Lipinski definition) is 3. The monoisotopic (exact) mass is 195 g/mol. The van der Waals surface area contributed by atoms with E-state index in [0.717, 1.165) is 0 Å². The maximum atomic E-state index is 12.2. The highest BCUT2D eigenvalue weighted by molar-refractivity contribution is 5.89. The Hall–Kier alpha value is -0.780. The molecule has 3 nitrogen and oxygen atoms in total. The van der Waals surface area contributed by atoms with Gasteiger partial charge in [0.1, 0.15) is 6.61 Å². The quantitative estimate of drug-likeness (QED) is 0.584. The third-order valence-corrected chi connectivity index (χ3v) is 2.22. The standard InChI is InChI=1S/C7H8F3NO2/c8-7(9,10)6-1-4-2-13-11-5(4)3-12-6/h4,6H,1-3H2/t4-,6+/m0/s1. The summed E-state index contributed by atoms with van der Waals surface area (Å²) in [7, 11) is 0. The van der Waals surface area contributed by atoms with E-state index in [2.05, 4.69) is 9.89 Å². The average Bonchev–Trinajstić information content (AvgIpc) is 2.47. The van der Waals surface area contributed by atoms with Gasteiger partial charge in [-0.3, -0.25) is 0 Å². The fraction of sp³-hybridized carbons (Fsp3) is 0.857. The molecule has 0 radical (unpaired) electrons. The molecule has 0 spiro atoms. The van der Waals surface area contributed by atoms with Crippen molar-refractivity contribution in [2.24, 2.45) is 11.1 Å². The molecule has 0 saturated carbocycles. The lowest BCUT2D eigenvalue weighted by Gasteiger charge is -2.27. The van der Waals surface area contributed by atoms with Crippen LogP contribution in [0.4, 0.5) is 13.2 Å². The van der Waals surface area contributed by atoms with Crippen molar-refractivity contribution >= 4 is 5.71 Å². The van der Waals surface area contributed by atoms with Crippen molar-refractivity contribution in [3.8, 4) is 0 Å². The zero-order chi connectivity index (χ0) is 9.47. The number of hydrogen-bond donors (Lipinski definition) is 0. The highest BCUT2D eigenvalue weighted by Gasteiger charge is 2.46. The molecule has 13 heavy (non-hydrogen) atoms. The largest absolute Gasteiger partial charge is 0.414 e. The van der Waals surface area contributed by atoms with Gasteiger partial charge in [-0.25, -0.2) is 0 Å². The van der Waals surface area contributed by atoms with Crippen LogP contribution < -0.4 is 0 Å². The van der Waals surface area contributed by atoms with Crippen LogP contribution in [-0.2, 0) is 9.57 Å². The molecule has 74 valence electrons. The SMILES string of the molecule is FC(F)(F)[C@H]1C[C@H]2CON=C2CO1. The zero-order valence-corrected chi connectivity index (χ0v) is 6.67. The Morgan fingerprint density at radius 3 is 2.85 bits per heavy atom. The molecule has 0 amide bonds. The number of oxime groups is 1. The summed E-state index contributed by atoms with van der Waals surface area (Å²) in [6.45, 7) is 0.195. The smallest absolute Gasteiger partial charge is 0.395 e. The second kappa shape index (κ2) is 2.87. The lowest BCUT2D eigenvalue weighted by Crippen LogP contribution is -2.41. The highest BCUT2D eigenvalue weighted by Crippen LogP contribution is 2.33. The van der Waals surface area contributed by atoms with Crippen molar-refractivity contribution in [2.45, 2.75) is 18.7 Å². The Balaban J connectivity index is 2.03. The van der Waals surface area contributed by atoms with Crippen LogP contribution in [0.3, 0.4) is 0 Å². The summed E-state index contributed by atoms with van der Waals surface area (Å²) in [6, 6.07) is 0. The minimum absolute atomic E-state index is 0.0607. The molecule has 0 unspecified atom stereocenters. The van der Waals surface area contributed by atoms with Crippen LogP contribution in [0.15, 0.2) is 5.16 Å². The fourth-order valence-corrected chi connectivity index (χ4v) is 1.47. The summed E-state index contributed by atoms with van der Waals surface area (Å²) in [5.74, 6) is -0.208. The van der Waals surface area contributed by atoms with Gasteiger partial charge >= 0.3 is 6.18 Å². The van der Waals surface area contributed by atoms with Crippen LogP contribution in [0.1, 0.15) is 6.42 Å². The highest BCUT2D eigenvalue weighted by atomic mass is 19.4. The number of rotatable bonds is 0.